The van der Waals surface area contributed by atoms with E-state index in [0.717, 1.165) is 43.6 Å². The number of hydrogen-bond donors (Lipinski definition) is 2. The van der Waals surface area contributed by atoms with Gasteiger partial charge < -0.3 is 15.5 Å². The summed E-state index contributed by atoms with van der Waals surface area (Å²) in [7, 11) is 5.68. The number of hydrogen-bond acceptors (Lipinski definition) is 5. The normalized spacial score (nSPS) is 18.4. The fourth-order valence-electron chi connectivity index (χ4n) is 3.71. The number of nitrogens with two attached hydrogens (primary N) is 1. The molecule has 0 atom stereocenters. The molecule has 126 valence electrons. The number of aromatic nitrogens is 2. The molecule has 2 fully saturated rings. The summed E-state index contributed by atoms with van der Waals surface area (Å²) in [6.45, 7) is 4.38. The van der Waals surface area contributed by atoms with Gasteiger partial charge in [0, 0.05) is 43.3 Å². The van der Waals surface area contributed by atoms with Gasteiger partial charge in [0.2, 0.25) is 5.95 Å². The molecular formula is C18H21BN6. The summed E-state index contributed by atoms with van der Waals surface area (Å²) in [5, 5.41) is 8.78. The number of benzene rings is 1. The molecule has 1 aliphatic carbocycles. The molecule has 2 aromatic rings. The number of amidine groups is 1. The molecule has 1 aromatic heterocycles. The highest BCUT2D eigenvalue weighted by molar-refractivity contribution is 6.31. The van der Waals surface area contributed by atoms with Gasteiger partial charge in [0.05, 0.1) is 5.54 Å². The fourth-order valence-corrected chi connectivity index (χ4v) is 3.71. The predicted octanol–water partition coefficient (Wildman–Crippen LogP) is 0.841. The van der Waals surface area contributed by atoms with Gasteiger partial charge in [-0.25, -0.2) is 9.97 Å². The van der Waals surface area contributed by atoms with Gasteiger partial charge in [0.15, 0.2) is 0 Å². The molecule has 1 spiro atoms. The summed E-state index contributed by atoms with van der Waals surface area (Å²) in [5.41, 5.74) is 9.30. The highest BCUT2D eigenvalue weighted by Gasteiger charge is 2.53. The molecule has 6 nitrogen and oxygen atoms in total. The lowest BCUT2D eigenvalue weighted by Gasteiger charge is -2.43. The van der Waals surface area contributed by atoms with Crippen LogP contribution in [-0.4, -0.2) is 53.7 Å². The van der Waals surface area contributed by atoms with Crippen molar-refractivity contribution >= 4 is 30.8 Å². The van der Waals surface area contributed by atoms with Crippen LogP contribution >= 0.6 is 0 Å². The summed E-state index contributed by atoms with van der Waals surface area (Å²) in [6.07, 6.45) is 5.44. The minimum atomic E-state index is -0.00516. The largest absolute Gasteiger partial charge is 0.398 e. The van der Waals surface area contributed by atoms with E-state index in [1.54, 1.807) is 12.4 Å². The van der Waals surface area contributed by atoms with Gasteiger partial charge in [-0.15, -0.1) is 0 Å². The average Bonchev–Trinajstić information content (AvgIpc) is 3.34. The van der Waals surface area contributed by atoms with Crippen LogP contribution in [0.1, 0.15) is 24.0 Å². The standard InChI is InChI=1S/C18H21BN6/c1-12-3-2-4-14(20)15(12)16(21)25-8-7-24(11-18(25)5-6-18)17-22-9-13(19)10-23-17/h2-4,9-10,21H,5-8,11,20H2,1H3. The zero-order valence-electron chi connectivity index (χ0n) is 14.4. The van der Waals surface area contributed by atoms with Crippen molar-refractivity contribution in [3.8, 4) is 0 Å². The van der Waals surface area contributed by atoms with E-state index in [1.807, 2.05) is 25.1 Å². The highest BCUT2D eigenvalue weighted by Crippen LogP contribution is 2.45. The van der Waals surface area contributed by atoms with E-state index in [-0.39, 0.29) is 5.54 Å². The Bertz CT molecular complexity index is 795. The van der Waals surface area contributed by atoms with E-state index >= 15 is 0 Å². The summed E-state index contributed by atoms with van der Waals surface area (Å²) in [5.74, 6) is 1.24. The van der Waals surface area contributed by atoms with Crippen molar-refractivity contribution in [2.75, 3.05) is 30.3 Å². The first-order chi connectivity index (χ1) is 12.0. The number of rotatable bonds is 2. The Morgan fingerprint density at radius 1 is 1.24 bits per heavy atom. The van der Waals surface area contributed by atoms with Gasteiger partial charge in [0.1, 0.15) is 13.7 Å². The van der Waals surface area contributed by atoms with Crippen molar-refractivity contribution in [2.45, 2.75) is 25.3 Å². The molecule has 1 aliphatic heterocycles. The molecule has 4 rings (SSSR count). The van der Waals surface area contributed by atoms with Gasteiger partial charge in [-0.1, -0.05) is 17.6 Å². The van der Waals surface area contributed by atoms with Crippen LogP contribution in [0.4, 0.5) is 11.6 Å². The van der Waals surface area contributed by atoms with E-state index < -0.39 is 0 Å². The van der Waals surface area contributed by atoms with Crippen LogP contribution in [0.15, 0.2) is 30.6 Å². The zero-order chi connectivity index (χ0) is 17.6. The molecule has 1 saturated carbocycles. The number of nitrogens with one attached hydrogen (secondary N) is 1. The Kier molecular flexibility index (Phi) is 3.67. The summed E-state index contributed by atoms with van der Waals surface area (Å²) in [4.78, 5) is 13.1. The molecule has 1 aromatic carbocycles. The molecule has 3 N–H and O–H groups in total. The fraction of sp³-hybridized carbons (Fsp3) is 0.389. The Morgan fingerprint density at radius 2 is 1.96 bits per heavy atom. The molecule has 2 aliphatic rings. The molecule has 2 heterocycles. The Labute approximate surface area is 149 Å². The second-order valence-corrected chi connectivity index (χ2v) is 7.00. The van der Waals surface area contributed by atoms with Gasteiger partial charge in [-0.05, 0) is 31.4 Å². The number of aryl methyl sites for hydroxylation is 1. The third kappa shape index (κ3) is 2.73. The molecule has 0 bridgehead atoms. The van der Waals surface area contributed by atoms with Gasteiger partial charge >= 0.3 is 0 Å². The van der Waals surface area contributed by atoms with E-state index in [2.05, 4.69) is 19.8 Å². The molecule has 25 heavy (non-hydrogen) atoms. The minimum absolute atomic E-state index is 0.00516. The van der Waals surface area contributed by atoms with Crippen LogP contribution in [0.2, 0.25) is 0 Å². The second kappa shape index (κ2) is 5.76. The highest BCUT2D eigenvalue weighted by atomic mass is 15.4. The van der Waals surface area contributed by atoms with Gasteiger partial charge in [0.25, 0.3) is 0 Å². The lowest BCUT2D eigenvalue weighted by molar-refractivity contribution is 0.257. The topological polar surface area (TPSA) is 82.1 Å². The molecule has 2 radical (unpaired) electrons. The average molecular weight is 332 g/mol. The van der Waals surface area contributed by atoms with E-state index in [4.69, 9.17) is 19.0 Å². The third-order valence-corrected chi connectivity index (χ3v) is 5.23. The van der Waals surface area contributed by atoms with Crippen molar-refractivity contribution in [1.29, 1.82) is 5.41 Å². The molecular weight excluding hydrogens is 311 g/mol. The monoisotopic (exact) mass is 332 g/mol. The number of anilines is 2. The molecule has 1 saturated heterocycles. The molecule has 7 heteroatoms. The van der Waals surface area contributed by atoms with Crippen molar-refractivity contribution in [3.05, 3.63) is 41.7 Å². The van der Waals surface area contributed by atoms with Crippen molar-refractivity contribution in [3.63, 3.8) is 0 Å². The Balaban J connectivity index is 1.58. The molecule has 0 amide bonds. The van der Waals surface area contributed by atoms with Gasteiger partial charge in [-0.3, -0.25) is 5.41 Å². The number of piperazine rings is 1. The number of nitrogens with zero attached hydrogens (tertiary/aromatic N) is 4. The summed E-state index contributed by atoms with van der Waals surface area (Å²) < 4.78 is 0. The van der Waals surface area contributed by atoms with E-state index in [9.17, 15) is 0 Å². The quantitative estimate of drug-likeness (QED) is 0.369. The van der Waals surface area contributed by atoms with Crippen LogP contribution in [0, 0.1) is 12.3 Å². The van der Waals surface area contributed by atoms with Crippen molar-refractivity contribution in [2.24, 2.45) is 0 Å². The van der Waals surface area contributed by atoms with Crippen LogP contribution < -0.4 is 16.1 Å². The second-order valence-electron chi connectivity index (χ2n) is 7.00. The zero-order valence-corrected chi connectivity index (χ0v) is 14.4. The first kappa shape index (κ1) is 15.9. The summed E-state index contributed by atoms with van der Waals surface area (Å²) >= 11 is 0. The maximum atomic E-state index is 8.78. The predicted molar refractivity (Wildman–Crippen MR) is 101 cm³/mol. The van der Waals surface area contributed by atoms with Crippen LogP contribution in [0.25, 0.3) is 0 Å². The van der Waals surface area contributed by atoms with Gasteiger partial charge in [-0.2, -0.15) is 0 Å². The maximum Gasteiger partial charge on any atom is 0.225 e. The smallest absolute Gasteiger partial charge is 0.225 e. The third-order valence-electron chi connectivity index (χ3n) is 5.23. The lowest BCUT2D eigenvalue weighted by Crippen LogP contribution is -2.57. The van der Waals surface area contributed by atoms with Crippen molar-refractivity contribution < 1.29 is 0 Å². The first-order valence-electron chi connectivity index (χ1n) is 8.54. The SMILES string of the molecule is [B]c1cnc(N2CCN(C(=N)c3c(C)cccc3N)C3(CC3)C2)nc1. The van der Waals surface area contributed by atoms with Crippen LogP contribution in [0.3, 0.4) is 0 Å². The Hall–Kier alpha value is -2.57. The van der Waals surface area contributed by atoms with Crippen molar-refractivity contribution in [1.82, 2.24) is 14.9 Å². The van der Waals surface area contributed by atoms with E-state index in [0.29, 0.717) is 22.9 Å². The Morgan fingerprint density at radius 3 is 2.60 bits per heavy atom. The molecule has 0 unspecified atom stereocenters. The van der Waals surface area contributed by atoms with Crippen LogP contribution in [-0.2, 0) is 0 Å². The minimum Gasteiger partial charge on any atom is -0.398 e. The van der Waals surface area contributed by atoms with Crippen LogP contribution in [0.5, 0.6) is 0 Å². The lowest BCUT2D eigenvalue weighted by atomic mass is 10.0. The number of nitrogen functional groups attached to an aromatic ring is 1. The summed E-state index contributed by atoms with van der Waals surface area (Å²) in [6, 6.07) is 5.82. The maximum absolute atomic E-state index is 8.78. The van der Waals surface area contributed by atoms with E-state index in [1.165, 1.54) is 0 Å². The first-order valence-corrected chi connectivity index (χ1v) is 8.54.